The fourth-order valence-corrected chi connectivity index (χ4v) is 3.31. The first-order chi connectivity index (χ1) is 10.8. The van der Waals surface area contributed by atoms with Crippen molar-refractivity contribution in [2.75, 3.05) is 18.8 Å². The Morgan fingerprint density at radius 3 is 2.48 bits per heavy atom. The van der Waals surface area contributed by atoms with Gasteiger partial charge in [-0.3, -0.25) is 4.79 Å². The van der Waals surface area contributed by atoms with Crippen molar-refractivity contribution in [1.82, 2.24) is 4.90 Å². The second-order valence-corrected chi connectivity index (χ2v) is 7.89. The van der Waals surface area contributed by atoms with Gasteiger partial charge >= 0.3 is 0 Å². The van der Waals surface area contributed by atoms with Crippen LogP contribution in [0.3, 0.4) is 0 Å². The van der Waals surface area contributed by atoms with Crippen LogP contribution in [0.1, 0.15) is 32.3 Å². The highest BCUT2D eigenvalue weighted by molar-refractivity contribution is 7.91. The summed E-state index contributed by atoms with van der Waals surface area (Å²) in [6.45, 7) is 4.54. The summed E-state index contributed by atoms with van der Waals surface area (Å²) >= 11 is 0. The van der Waals surface area contributed by atoms with Gasteiger partial charge in [-0.15, -0.1) is 0 Å². The zero-order valence-electron chi connectivity index (χ0n) is 13.7. The fourth-order valence-electron chi connectivity index (χ4n) is 2.69. The molecule has 7 heteroatoms. The summed E-state index contributed by atoms with van der Waals surface area (Å²) in [5.74, 6) is 0.514. The van der Waals surface area contributed by atoms with Gasteiger partial charge < -0.3 is 14.4 Å². The highest BCUT2D eigenvalue weighted by Crippen LogP contribution is 2.33. The summed E-state index contributed by atoms with van der Waals surface area (Å²) in [5.41, 5.74) is 0.892. The van der Waals surface area contributed by atoms with E-state index in [9.17, 15) is 13.2 Å². The minimum atomic E-state index is -3.36. The van der Waals surface area contributed by atoms with Crippen LogP contribution < -0.4 is 9.47 Å². The van der Waals surface area contributed by atoms with E-state index in [1.54, 1.807) is 4.90 Å². The van der Waals surface area contributed by atoms with E-state index in [1.165, 1.54) is 0 Å². The highest BCUT2D eigenvalue weighted by atomic mass is 32.2. The molecule has 1 aromatic carbocycles. The van der Waals surface area contributed by atoms with Gasteiger partial charge in [-0.1, -0.05) is 19.9 Å². The number of carbonyl (C=O) groups excluding carboxylic acids is 1. The van der Waals surface area contributed by atoms with Gasteiger partial charge in [0.05, 0.1) is 0 Å². The molecular formula is C16H23NO5S. The number of rotatable bonds is 7. The molecule has 0 spiro atoms. The van der Waals surface area contributed by atoms with Crippen molar-refractivity contribution in [3.05, 3.63) is 23.8 Å². The van der Waals surface area contributed by atoms with Gasteiger partial charge in [-0.05, 0) is 30.5 Å². The van der Waals surface area contributed by atoms with E-state index in [0.29, 0.717) is 18.0 Å². The topological polar surface area (TPSA) is 72.9 Å². The Hall–Kier alpha value is -1.76. The number of nitrogens with zero attached hydrogens (tertiary/aromatic N) is 1. The summed E-state index contributed by atoms with van der Waals surface area (Å²) in [5, 5.41) is 0. The third-order valence-corrected chi connectivity index (χ3v) is 4.65. The number of fused-ring (bicyclic) bond motifs is 1. The molecule has 2 rings (SSSR count). The largest absolute Gasteiger partial charge is 0.454 e. The molecule has 1 aromatic rings. The molecule has 0 N–H and O–H groups in total. The Labute approximate surface area is 137 Å². The lowest BCUT2D eigenvalue weighted by Gasteiger charge is -2.30. The molecule has 6 nitrogen and oxygen atoms in total. The Morgan fingerprint density at radius 2 is 1.87 bits per heavy atom. The third kappa shape index (κ3) is 4.60. The van der Waals surface area contributed by atoms with Gasteiger partial charge in [0.2, 0.25) is 12.7 Å². The van der Waals surface area contributed by atoms with Crippen molar-refractivity contribution in [3.63, 3.8) is 0 Å². The highest BCUT2D eigenvalue weighted by Gasteiger charge is 2.25. The summed E-state index contributed by atoms with van der Waals surface area (Å²) in [6.07, 6.45) is 2.63. The zero-order valence-corrected chi connectivity index (χ0v) is 14.6. The van der Waals surface area contributed by atoms with Crippen molar-refractivity contribution in [2.24, 2.45) is 0 Å². The van der Waals surface area contributed by atoms with Crippen molar-refractivity contribution >= 4 is 15.7 Å². The van der Waals surface area contributed by atoms with Crippen molar-refractivity contribution in [2.45, 2.75) is 39.3 Å². The fraction of sp³-hybridized carbons (Fsp3) is 0.562. The van der Waals surface area contributed by atoms with E-state index in [0.717, 1.165) is 24.7 Å². The molecule has 0 bridgehead atoms. The van der Waals surface area contributed by atoms with E-state index in [1.807, 2.05) is 32.0 Å². The average Bonchev–Trinajstić information content (AvgIpc) is 2.93. The van der Waals surface area contributed by atoms with Crippen LogP contribution in [0.25, 0.3) is 0 Å². The van der Waals surface area contributed by atoms with Crippen LogP contribution in [-0.2, 0) is 21.2 Å². The predicted octanol–water partition coefficient (Wildman–Crippen LogP) is 1.98. The van der Waals surface area contributed by atoms with Crippen molar-refractivity contribution in [3.8, 4) is 11.5 Å². The average molecular weight is 341 g/mol. The smallest absolute Gasteiger partial charge is 0.238 e. The summed E-state index contributed by atoms with van der Waals surface area (Å²) in [4.78, 5) is 14.1. The van der Waals surface area contributed by atoms with Crippen molar-refractivity contribution < 1.29 is 22.7 Å². The standard InChI is InChI=1S/C16H23NO5S/c1-4-13(5-2)17(16(18)10-23(3,19)20)9-12-6-7-14-15(8-12)22-11-21-14/h6-8,13H,4-5,9-11H2,1-3H3. The molecule has 1 heterocycles. The summed E-state index contributed by atoms with van der Waals surface area (Å²) in [7, 11) is -3.36. The first-order valence-corrected chi connectivity index (χ1v) is 9.75. The maximum atomic E-state index is 12.4. The first kappa shape index (κ1) is 17.6. The first-order valence-electron chi connectivity index (χ1n) is 7.69. The summed E-state index contributed by atoms with van der Waals surface area (Å²) in [6, 6.07) is 5.53. The van der Waals surface area contributed by atoms with Gasteiger partial charge in [0, 0.05) is 18.8 Å². The third-order valence-electron chi connectivity index (χ3n) is 3.88. The monoisotopic (exact) mass is 341 g/mol. The number of sulfone groups is 1. The van der Waals surface area contributed by atoms with Crippen LogP contribution in [0.15, 0.2) is 18.2 Å². The van der Waals surface area contributed by atoms with Crippen LogP contribution >= 0.6 is 0 Å². The molecule has 0 saturated carbocycles. The molecular weight excluding hydrogens is 318 g/mol. The Kier molecular flexibility index (Phi) is 5.51. The molecule has 0 atom stereocenters. The van der Waals surface area contributed by atoms with Gasteiger partial charge in [-0.2, -0.15) is 0 Å². The van der Waals surface area contributed by atoms with E-state index in [-0.39, 0.29) is 18.7 Å². The van der Waals surface area contributed by atoms with E-state index in [2.05, 4.69) is 0 Å². The Morgan fingerprint density at radius 1 is 1.22 bits per heavy atom. The van der Waals surface area contributed by atoms with Gasteiger partial charge in [-0.25, -0.2) is 8.42 Å². The number of amides is 1. The number of hydrogen-bond acceptors (Lipinski definition) is 5. The van der Waals surface area contributed by atoms with E-state index in [4.69, 9.17) is 9.47 Å². The molecule has 23 heavy (non-hydrogen) atoms. The second kappa shape index (κ2) is 7.21. The van der Waals surface area contributed by atoms with E-state index >= 15 is 0 Å². The maximum absolute atomic E-state index is 12.4. The van der Waals surface area contributed by atoms with Crippen molar-refractivity contribution in [1.29, 1.82) is 0 Å². The van der Waals surface area contributed by atoms with Crippen LogP contribution in [0, 0.1) is 0 Å². The van der Waals surface area contributed by atoms with Gasteiger partial charge in [0.1, 0.15) is 5.75 Å². The predicted molar refractivity (Wildman–Crippen MR) is 87.2 cm³/mol. The minimum Gasteiger partial charge on any atom is -0.454 e. The molecule has 0 unspecified atom stereocenters. The quantitative estimate of drug-likeness (QED) is 0.758. The molecule has 1 aliphatic heterocycles. The molecule has 0 saturated heterocycles. The number of benzene rings is 1. The maximum Gasteiger partial charge on any atom is 0.238 e. The van der Waals surface area contributed by atoms with Crippen LogP contribution in [0.2, 0.25) is 0 Å². The lowest BCUT2D eigenvalue weighted by atomic mass is 10.1. The number of carbonyl (C=O) groups is 1. The van der Waals surface area contributed by atoms with E-state index < -0.39 is 15.6 Å². The molecule has 128 valence electrons. The zero-order chi connectivity index (χ0) is 17.0. The molecule has 1 amide bonds. The SMILES string of the molecule is CCC(CC)N(Cc1ccc2c(c1)OCO2)C(=O)CS(C)(=O)=O. The second-order valence-electron chi connectivity index (χ2n) is 5.75. The molecule has 0 aliphatic carbocycles. The lowest BCUT2D eigenvalue weighted by molar-refractivity contribution is -0.131. The molecule has 0 radical (unpaired) electrons. The van der Waals surface area contributed by atoms with Crippen LogP contribution in [-0.4, -0.2) is 44.1 Å². The Balaban J connectivity index is 2.21. The van der Waals surface area contributed by atoms with Gasteiger partial charge in [0.25, 0.3) is 0 Å². The lowest BCUT2D eigenvalue weighted by Crippen LogP contribution is -2.42. The molecule has 1 aliphatic rings. The molecule has 0 fully saturated rings. The minimum absolute atomic E-state index is 0.00896. The Bertz CT molecular complexity index is 667. The summed E-state index contributed by atoms with van der Waals surface area (Å²) < 4.78 is 33.6. The normalized spacial score (nSPS) is 13.4. The van der Waals surface area contributed by atoms with Crippen LogP contribution in [0.4, 0.5) is 0 Å². The van der Waals surface area contributed by atoms with Gasteiger partial charge in [0.15, 0.2) is 21.3 Å². The van der Waals surface area contributed by atoms with Crippen LogP contribution in [0.5, 0.6) is 11.5 Å². The number of ether oxygens (including phenoxy) is 2. The molecule has 0 aromatic heterocycles. The number of hydrogen-bond donors (Lipinski definition) is 0.